The van der Waals surface area contributed by atoms with E-state index < -0.39 is 261 Å². The van der Waals surface area contributed by atoms with Crippen LogP contribution < -0.4 is 75.7 Å². The number of nitrogens with zero attached hydrogens (tertiary/aromatic N) is 1. The second-order valence-corrected chi connectivity index (χ2v) is 27.8. The number of primary amides is 1. The minimum Gasteiger partial charge on any atom is -0.481 e. The summed E-state index contributed by atoms with van der Waals surface area (Å²) in [5.41, 5.74) is 18.2. The number of ether oxygens (including phenoxy) is 1. The van der Waals surface area contributed by atoms with E-state index in [9.17, 15) is 116 Å². The first-order chi connectivity index (χ1) is 53.9. The van der Waals surface area contributed by atoms with Crippen LogP contribution in [0.4, 0.5) is 5.69 Å². The quantitative estimate of drug-likeness (QED) is 0.00901. The number of nitrogen functional groups attached to an aromatic ring is 1. The molecule has 41 heteroatoms. The predicted octanol–water partition coefficient (Wildman–Crippen LogP) is -4.36. The monoisotopic (exact) mass is 1600 g/mol. The zero-order chi connectivity index (χ0) is 84.6. The number of rotatable bonds is 33. The Balaban J connectivity index is 1.59. The van der Waals surface area contributed by atoms with Crippen molar-refractivity contribution in [3.05, 3.63) is 65.9 Å². The molecule has 2 aliphatic rings. The number of aliphatic carboxylic acids is 3. The van der Waals surface area contributed by atoms with Crippen molar-refractivity contribution in [1.82, 2.24) is 68.4 Å². The summed E-state index contributed by atoms with van der Waals surface area (Å²) in [6.45, 7) is 1.34. The van der Waals surface area contributed by atoms with E-state index in [1.54, 1.807) is 30.5 Å². The van der Waals surface area contributed by atoms with Crippen molar-refractivity contribution in [2.24, 2.45) is 23.3 Å². The minimum atomic E-state index is -2.43. The first kappa shape index (κ1) is 92.3. The van der Waals surface area contributed by atoms with Gasteiger partial charge in [-0.3, -0.25) is 96.0 Å². The predicted molar refractivity (Wildman–Crippen MR) is 398 cm³/mol. The topological polar surface area (TPSA) is 661 Å². The molecule has 14 amide bonds. The number of aromatic nitrogens is 1. The van der Waals surface area contributed by atoms with Gasteiger partial charge in [0.05, 0.1) is 57.2 Å². The molecule has 3 aromatic rings. The second kappa shape index (κ2) is 45.3. The number of benzene rings is 2. The Hall–Kier alpha value is -12.3. The minimum absolute atomic E-state index is 0.0118. The zero-order valence-electron chi connectivity index (χ0n) is 63.3. The van der Waals surface area contributed by atoms with Crippen molar-refractivity contribution < 1.29 is 121 Å². The second-order valence-electron chi connectivity index (χ2n) is 27.8. The Morgan fingerprint density at radius 2 is 1.26 bits per heavy atom. The molecule has 2 fully saturated rings. The van der Waals surface area contributed by atoms with Gasteiger partial charge in [-0.25, -0.2) is 4.79 Å². The Morgan fingerprint density at radius 3 is 1.90 bits per heavy atom. The number of imide groups is 1. The number of carboxylic acid groups (broad SMARTS) is 3. The number of aromatic amines is 1. The third kappa shape index (κ3) is 29.1. The van der Waals surface area contributed by atoms with Crippen molar-refractivity contribution in [1.29, 1.82) is 0 Å². The molecular formula is C73H100N16O25. The number of anilines is 1. The third-order valence-corrected chi connectivity index (χ3v) is 18.6. The highest BCUT2D eigenvalue weighted by molar-refractivity contribution is 6.10. The number of fused-ring (bicyclic) bond motifs is 3. The average molecular weight is 1600 g/mol. The van der Waals surface area contributed by atoms with Crippen molar-refractivity contribution in [2.75, 3.05) is 32.0 Å². The van der Waals surface area contributed by atoms with Crippen LogP contribution in [0.1, 0.15) is 153 Å². The molecule has 22 N–H and O–H groups in total. The third-order valence-electron chi connectivity index (χ3n) is 18.6. The molecule has 41 nitrogen and oxygen atoms in total. The number of cyclic esters (lactones) is 1. The van der Waals surface area contributed by atoms with E-state index in [-0.39, 0.29) is 43.5 Å². The lowest BCUT2D eigenvalue weighted by Gasteiger charge is -2.30. The van der Waals surface area contributed by atoms with Crippen LogP contribution in [0.5, 0.6) is 0 Å². The molecule has 5 rings (SSSR count). The summed E-state index contributed by atoms with van der Waals surface area (Å²) in [4.78, 5) is 278. The number of carbonyl (C=O) groups excluding carboxylic acids is 17. The molecule has 0 saturated carbocycles. The number of esters is 1. The molecule has 2 aromatic carbocycles. The van der Waals surface area contributed by atoms with Gasteiger partial charge in [0.1, 0.15) is 67.0 Å². The number of carboxylic acids is 3. The van der Waals surface area contributed by atoms with Crippen LogP contribution in [-0.4, -0.2) is 241 Å². The van der Waals surface area contributed by atoms with E-state index in [1.807, 2.05) is 5.32 Å². The lowest BCUT2D eigenvalue weighted by Crippen LogP contribution is -2.61. The fraction of sp³-hybridized carbons (Fsp3) is 0.534. The Bertz CT molecular complexity index is 4070. The van der Waals surface area contributed by atoms with Crippen LogP contribution in [0.15, 0.2) is 54.7 Å². The van der Waals surface area contributed by atoms with Crippen LogP contribution in [0.25, 0.3) is 10.9 Å². The molecule has 0 aliphatic carbocycles. The first-order valence-corrected chi connectivity index (χ1v) is 37.0. The van der Waals surface area contributed by atoms with E-state index in [2.05, 4.69) is 65.1 Å². The molecule has 13 atom stereocenters. The summed E-state index contributed by atoms with van der Waals surface area (Å²) in [6, 6.07) is -7.63. The van der Waals surface area contributed by atoms with Gasteiger partial charge in [-0.15, -0.1) is 0 Å². The van der Waals surface area contributed by atoms with Gasteiger partial charge >= 0.3 is 23.9 Å². The smallest absolute Gasteiger partial charge is 0.329 e. The van der Waals surface area contributed by atoms with E-state index in [0.717, 1.165) is 52.9 Å². The van der Waals surface area contributed by atoms with Crippen LogP contribution in [0.3, 0.4) is 0 Å². The van der Waals surface area contributed by atoms with Gasteiger partial charge in [0.25, 0.3) is 5.91 Å². The molecule has 0 spiro atoms. The number of carbonyl (C=O) groups is 20. The first-order valence-electron chi connectivity index (χ1n) is 37.0. The van der Waals surface area contributed by atoms with Gasteiger partial charge in [0.2, 0.25) is 76.8 Å². The number of aliphatic hydroxyl groups excluding tert-OH is 1. The van der Waals surface area contributed by atoms with Gasteiger partial charge in [-0.1, -0.05) is 82.7 Å². The Kier molecular flexibility index (Phi) is 36.7. The summed E-state index contributed by atoms with van der Waals surface area (Å²) >= 11 is 0. The number of aliphatic hydroxyl groups is 1. The number of H-pyrrole nitrogens is 1. The van der Waals surface area contributed by atoms with E-state index in [4.69, 9.17) is 21.9 Å². The van der Waals surface area contributed by atoms with Gasteiger partial charge in [0.15, 0.2) is 11.6 Å². The molecular weight excluding hydrogens is 1500 g/mol. The highest BCUT2D eigenvalue weighted by atomic mass is 16.5. The van der Waals surface area contributed by atoms with Crippen molar-refractivity contribution in [3.8, 4) is 0 Å². The Morgan fingerprint density at radius 1 is 0.632 bits per heavy atom. The number of para-hydroxylation sites is 2. The van der Waals surface area contributed by atoms with Crippen LogP contribution in [0, 0.1) is 11.8 Å². The molecule has 2 aliphatic heterocycles. The molecule has 1 aromatic heterocycles. The van der Waals surface area contributed by atoms with Crippen LogP contribution in [0.2, 0.25) is 0 Å². The highest BCUT2D eigenvalue weighted by Gasteiger charge is 2.44. The molecule has 0 radical (unpaired) electrons. The van der Waals surface area contributed by atoms with Crippen molar-refractivity contribution in [3.63, 3.8) is 0 Å². The molecule has 114 heavy (non-hydrogen) atoms. The number of nitrogens with one attached hydrogen (secondary N) is 12. The number of hydrogen-bond donors (Lipinski definition) is 19. The Labute approximate surface area is 652 Å². The molecule has 2 bridgehead atoms. The maximum atomic E-state index is 14.9. The SMILES string of the molecule is CCCCCCCCCC(=O)NC(Cc1c[nH]c2ccccc12)C(=O)NC(CC(N)=O)C(=O)NC(CC(=O)O)C(=O)NC1C(=O)NCC(=O)NC(CCCN)C(=O)CC(CC(=O)O)C(=O)NC(C)C(=O)NC2CC(=O)N(CC(=O)NC(CO)C(=O)NC(C(C)CC(=O)O)C(=O)NC(CC(=O)c3ccccc3N)C(=O)OC1C)C2=O. The van der Waals surface area contributed by atoms with Gasteiger partial charge in [-0.2, -0.15) is 0 Å². The fourth-order valence-electron chi connectivity index (χ4n) is 12.4. The molecule has 13 unspecified atom stereocenters. The number of nitrogens with two attached hydrogens (primary N) is 3. The zero-order valence-corrected chi connectivity index (χ0v) is 63.3. The largest absolute Gasteiger partial charge is 0.481 e. The van der Waals surface area contributed by atoms with Crippen LogP contribution in [-0.2, 0) is 102 Å². The standard InChI is InChI=1S/C73H100N16O25/c1-5-6-7-8-9-10-11-22-55(94)81-46(25-40-32-77-44-20-15-13-17-41(40)44)66(106)83-47(29-54(76)93)67(107)84-48(31-61(102)103)68(108)88-63-38(4)114-73(113)50(28-52(91)42-18-12-14-19-43(42)75)86-71(111)62(36(2)24-59(98)99)87-69(109)51(35-90)82-57(96)34-89-58(97)30-49(72(89)112)85-64(104)37(3)79-65(105)39(27-60(100)101)26-53(92)45(21-16-23-74)80-56(95)33-78-70(63)110/h12-15,17-20,32,36-39,45-51,62-63,77,90H,5-11,16,21-31,33-35,74-75H2,1-4H3,(H2,76,93)(H,78,110)(H,79,105)(H,80,95)(H,81,94)(H,82,96)(H,83,106)(H,84,107)(H,85,104)(H,86,111)(H,87,109)(H,88,108)(H,98,99)(H,100,101)(H,102,103). The summed E-state index contributed by atoms with van der Waals surface area (Å²) in [6.07, 6.45) is -2.44. The molecule has 2 saturated heterocycles. The number of unbranched alkanes of at least 4 members (excludes halogenated alkanes) is 6. The molecule has 3 heterocycles. The lowest BCUT2D eigenvalue weighted by molar-refractivity contribution is -0.156. The number of Topliss-reactive ketones (excluding diaryl/α,β-unsaturated/α-hetero) is 2. The number of amides is 14. The van der Waals surface area contributed by atoms with E-state index in [1.165, 1.54) is 24.3 Å². The van der Waals surface area contributed by atoms with Crippen LogP contribution >= 0.6 is 0 Å². The summed E-state index contributed by atoms with van der Waals surface area (Å²) < 4.78 is 5.70. The van der Waals surface area contributed by atoms with E-state index >= 15 is 0 Å². The number of hydrogen-bond acceptors (Lipinski definition) is 24. The van der Waals surface area contributed by atoms with Crippen molar-refractivity contribution in [2.45, 2.75) is 210 Å². The lowest BCUT2D eigenvalue weighted by atomic mass is 9.92. The highest BCUT2D eigenvalue weighted by Crippen LogP contribution is 2.23. The maximum Gasteiger partial charge on any atom is 0.329 e. The maximum absolute atomic E-state index is 14.9. The van der Waals surface area contributed by atoms with Gasteiger partial charge in [0, 0.05) is 54.0 Å². The summed E-state index contributed by atoms with van der Waals surface area (Å²) in [7, 11) is 0. The normalized spacial score (nSPS) is 21.9. The summed E-state index contributed by atoms with van der Waals surface area (Å²) in [5.74, 6) is -29.7. The van der Waals surface area contributed by atoms with Crippen molar-refractivity contribution >= 4 is 135 Å². The number of ketones is 2. The summed E-state index contributed by atoms with van der Waals surface area (Å²) in [5, 5.41) is 65.6. The van der Waals surface area contributed by atoms with Gasteiger partial charge in [-0.05, 0) is 69.3 Å². The van der Waals surface area contributed by atoms with Gasteiger partial charge < -0.3 is 106 Å². The molecule has 622 valence electrons. The fourth-order valence-corrected chi connectivity index (χ4v) is 12.4. The van der Waals surface area contributed by atoms with E-state index in [0.29, 0.717) is 34.2 Å². The average Bonchev–Trinajstić information content (AvgIpc) is 1.73.